The maximum absolute atomic E-state index is 5.38. The van der Waals surface area contributed by atoms with Crippen LogP contribution in [0, 0.1) is 5.41 Å². The summed E-state index contributed by atoms with van der Waals surface area (Å²) in [6, 6.07) is 56.8. The quantitative estimate of drug-likeness (QED) is 0.169. The van der Waals surface area contributed by atoms with Gasteiger partial charge in [-0.2, -0.15) is 0 Å². The Kier molecular flexibility index (Phi) is 6.31. The van der Waals surface area contributed by atoms with Crippen molar-refractivity contribution in [3.8, 4) is 0 Å². The Morgan fingerprint density at radius 2 is 1.00 bits per heavy atom. The molecular formula is C47H38N6. The third kappa shape index (κ3) is 4.09. The number of benzene rings is 6. The number of anilines is 8. The van der Waals surface area contributed by atoms with Crippen LogP contribution in [0.4, 0.5) is 45.8 Å². The van der Waals surface area contributed by atoms with E-state index in [0.29, 0.717) is 0 Å². The molecule has 6 heteroatoms. The van der Waals surface area contributed by atoms with Crippen LogP contribution >= 0.6 is 0 Å². The molecule has 0 radical (unpaired) electrons. The molecule has 0 saturated carbocycles. The van der Waals surface area contributed by atoms with Crippen LogP contribution in [0.15, 0.2) is 170 Å². The molecule has 0 aliphatic carbocycles. The van der Waals surface area contributed by atoms with Gasteiger partial charge in [-0.25, -0.2) is 9.97 Å². The molecule has 0 saturated heterocycles. The van der Waals surface area contributed by atoms with E-state index < -0.39 is 5.41 Å². The second kappa shape index (κ2) is 11.1. The molecule has 0 bridgehead atoms. The zero-order valence-electron chi connectivity index (χ0n) is 29.7. The molecule has 1 aromatic heterocycles. The first kappa shape index (κ1) is 30.2. The number of para-hydroxylation sites is 8. The van der Waals surface area contributed by atoms with Crippen LogP contribution in [0.2, 0.25) is 0 Å². The van der Waals surface area contributed by atoms with Crippen molar-refractivity contribution in [2.75, 3.05) is 19.6 Å². The Morgan fingerprint density at radius 3 is 1.68 bits per heavy atom. The van der Waals surface area contributed by atoms with Crippen LogP contribution in [0.25, 0.3) is 11.0 Å². The van der Waals surface area contributed by atoms with Crippen molar-refractivity contribution in [1.29, 1.82) is 0 Å². The van der Waals surface area contributed by atoms with Gasteiger partial charge in [0.15, 0.2) is 11.6 Å². The predicted molar refractivity (Wildman–Crippen MR) is 216 cm³/mol. The van der Waals surface area contributed by atoms with Gasteiger partial charge < -0.3 is 9.80 Å². The Labute approximate surface area is 309 Å². The van der Waals surface area contributed by atoms with E-state index in [1.807, 2.05) is 12.1 Å². The minimum Gasteiger partial charge on any atom is -0.318 e. The molecule has 4 aliphatic heterocycles. The molecule has 256 valence electrons. The molecule has 53 heavy (non-hydrogen) atoms. The summed E-state index contributed by atoms with van der Waals surface area (Å²) in [5.41, 5.74) is 10.8. The number of hydrogen-bond donors (Lipinski definition) is 0. The van der Waals surface area contributed by atoms with Gasteiger partial charge in [-0.1, -0.05) is 117 Å². The van der Waals surface area contributed by atoms with Gasteiger partial charge in [-0.15, -0.1) is 0 Å². The Hall–Kier alpha value is -6.40. The standard InChI is InChI=1S/C47H38N6/c1-46-30-29-42-51(34-20-7-4-8-21-34)43-44(49-37-24-12-11-23-36(37)48-43)53(42)38-25-13-9-17-32(38)31-47(46,2)45-50(33-18-5-3-6-19-33)40-27-15-16-28-41(40)52(45)39-26-14-10-22-35(39)46/h3-30,42,45H,31H2,1-2H3/b30-29+. The van der Waals surface area contributed by atoms with E-state index in [9.17, 15) is 0 Å². The number of nitrogens with zero attached hydrogens (tertiary/aromatic N) is 6. The van der Waals surface area contributed by atoms with E-state index in [-0.39, 0.29) is 17.7 Å². The summed E-state index contributed by atoms with van der Waals surface area (Å²) in [6.45, 7) is 5.00. The lowest BCUT2D eigenvalue weighted by Crippen LogP contribution is -2.62. The van der Waals surface area contributed by atoms with E-state index in [1.54, 1.807) is 0 Å². The lowest BCUT2D eigenvalue weighted by Gasteiger charge is -2.58. The molecule has 6 aromatic carbocycles. The normalized spacial score (nSPS) is 24.1. The molecule has 0 spiro atoms. The zero-order valence-corrected chi connectivity index (χ0v) is 29.7. The summed E-state index contributed by atoms with van der Waals surface area (Å²) < 4.78 is 0. The summed E-state index contributed by atoms with van der Waals surface area (Å²) in [5, 5.41) is 0. The van der Waals surface area contributed by atoms with Gasteiger partial charge in [0.1, 0.15) is 12.3 Å². The van der Waals surface area contributed by atoms with Crippen molar-refractivity contribution < 1.29 is 0 Å². The topological polar surface area (TPSA) is 38.7 Å². The fraction of sp³-hybridized carbons (Fsp3) is 0.149. The van der Waals surface area contributed by atoms with Gasteiger partial charge in [0.2, 0.25) is 0 Å². The van der Waals surface area contributed by atoms with Crippen LogP contribution < -0.4 is 19.6 Å². The van der Waals surface area contributed by atoms with E-state index >= 15 is 0 Å². The summed E-state index contributed by atoms with van der Waals surface area (Å²) in [7, 11) is 0. The molecule has 7 aromatic rings. The average molecular weight is 687 g/mol. The molecule has 0 amide bonds. The monoisotopic (exact) mass is 686 g/mol. The van der Waals surface area contributed by atoms with E-state index in [4.69, 9.17) is 9.97 Å². The minimum atomic E-state index is -0.397. The van der Waals surface area contributed by atoms with Crippen LogP contribution in [0.1, 0.15) is 25.0 Å². The highest BCUT2D eigenvalue weighted by Crippen LogP contribution is 2.64. The molecule has 6 nitrogen and oxygen atoms in total. The maximum atomic E-state index is 5.38. The Balaban J connectivity index is 1.21. The fourth-order valence-electron chi connectivity index (χ4n) is 9.74. The van der Waals surface area contributed by atoms with E-state index in [0.717, 1.165) is 40.5 Å². The lowest BCUT2D eigenvalue weighted by atomic mass is 9.55. The zero-order chi connectivity index (χ0) is 35.3. The SMILES string of the molecule is CC12/C=C/C3N(c4ccccc4)c4nc5ccccc5nc4N3c3ccccc3CC1(C)C1N(c3ccccc3)c3ccccc3N1c1ccccc12. The average Bonchev–Trinajstić information content (AvgIpc) is 3.73. The van der Waals surface area contributed by atoms with Gasteiger partial charge >= 0.3 is 0 Å². The first-order chi connectivity index (χ1) is 26.0. The van der Waals surface area contributed by atoms with Crippen molar-refractivity contribution in [3.05, 3.63) is 181 Å². The summed E-state index contributed by atoms with van der Waals surface area (Å²) in [6.07, 6.45) is 5.56. The molecule has 0 N–H and O–H groups in total. The molecule has 4 unspecified atom stereocenters. The summed E-state index contributed by atoms with van der Waals surface area (Å²) >= 11 is 0. The smallest absolute Gasteiger partial charge is 0.179 e. The maximum Gasteiger partial charge on any atom is 0.179 e. The van der Waals surface area contributed by atoms with Gasteiger partial charge in [0.05, 0.1) is 22.4 Å². The third-order valence-corrected chi connectivity index (χ3v) is 12.4. The van der Waals surface area contributed by atoms with Crippen molar-refractivity contribution in [2.24, 2.45) is 5.41 Å². The van der Waals surface area contributed by atoms with Crippen molar-refractivity contribution in [1.82, 2.24) is 9.97 Å². The highest BCUT2D eigenvalue weighted by Gasteiger charge is 2.61. The van der Waals surface area contributed by atoms with Crippen molar-refractivity contribution >= 4 is 56.8 Å². The number of fused-ring (bicyclic) bond motifs is 14. The first-order valence-electron chi connectivity index (χ1n) is 18.5. The molecule has 4 aliphatic rings. The van der Waals surface area contributed by atoms with E-state index in [1.165, 1.54) is 33.9 Å². The molecule has 11 rings (SSSR count). The number of aromatic nitrogens is 2. The van der Waals surface area contributed by atoms with Gasteiger partial charge in [-0.3, -0.25) is 9.80 Å². The molecule has 5 heterocycles. The molecular weight excluding hydrogens is 649 g/mol. The number of allylic oxidation sites excluding steroid dienone is 1. The van der Waals surface area contributed by atoms with Gasteiger partial charge in [0.25, 0.3) is 0 Å². The van der Waals surface area contributed by atoms with Crippen molar-refractivity contribution in [2.45, 2.75) is 38.0 Å². The van der Waals surface area contributed by atoms with Crippen LogP contribution in [0.3, 0.4) is 0 Å². The van der Waals surface area contributed by atoms with Crippen molar-refractivity contribution in [3.63, 3.8) is 0 Å². The fourth-order valence-corrected chi connectivity index (χ4v) is 9.74. The number of rotatable bonds is 2. The first-order valence-corrected chi connectivity index (χ1v) is 18.5. The van der Waals surface area contributed by atoms with E-state index in [2.05, 4.69) is 191 Å². The Morgan fingerprint density at radius 1 is 0.491 bits per heavy atom. The summed E-state index contributed by atoms with van der Waals surface area (Å²) in [4.78, 5) is 20.7. The molecule has 0 fully saturated rings. The summed E-state index contributed by atoms with van der Waals surface area (Å²) in [5.74, 6) is 1.74. The Bertz CT molecular complexity index is 2590. The third-order valence-electron chi connectivity index (χ3n) is 12.4. The van der Waals surface area contributed by atoms with Gasteiger partial charge in [-0.05, 0) is 84.3 Å². The minimum absolute atomic E-state index is 0.0194. The largest absolute Gasteiger partial charge is 0.318 e. The van der Waals surface area contributed by atoms with Crippen LogP contribution in [-0.4, -0.2) is 22.3 Å². The highest BCUT2D eigenvalue weighted by atomic mass is 15.5. The van der Waals surface area contributed by atoms with Crippen LogP contribution in [0.5, 0.6) is 0 Å². The predicted octanol–water partition coefficient (Wildman–Crippen LogP) is 11.0. The highest BCUT2D eigenvalue weighted by molar-refractivity contribution is 5.93. The van der Waals surface area contributed by atoms with Gasteiger partial charge in [0, 0.05) is 33.6 Å². The number of hydrogen-bond acceptors (Lipinski definition) is 6. The van der Waals surface area contributed by atoms with Crippen LogP contribution in [-0.2, 0) is 11.8 Å². The second-order valence-electron chi connectivity index (χ2n) is 15.1. The lowest BCUT2D eigenvalue weighted by molar-refractivity contribution is 0.144. The molecule has 4 atom stereocenters. The second-order valence-corrected chi connectivity index (χ2v) is 15.1.